The second-order valence-corrected chi connectivity index (χ2v) is 4.52. The monoisotopic (exact) mass is 290 g/mol. The van der Waals surface area contributed by atoms with Crippen LogP contribution in [0.5, 0.6) is 0 Å². The highest BCUT2D eigenvalue weighted by Gasteiger charge is 2.33. The number of nitrogens with zero attached hydrogens (tertiary/aromatic N) is 1. The number of nitrogens with one attached hydrogen (secondary N) is 1. The van der Waals surface area contributed by atoms with Gasteiger partial charge in [-0.05, 0) is 25.0 Å². The third-order valence-electron chi connectivity index (χ3n) is 3.10. The van der Waals surface area contributed by atoms with Gasteiger partial charge >= 0.3 is 6.18 Å². The molecule has 5 nitrogen and oxygen atoms in total. The Morgan fingerprint density at radius 2 is 1.95 bits per heavy atom. The molecule has 0 aromatic heterocycles. The van der Waals surface area contributed by atoms with Gasteiger partial charge in [0, 0.05) is 25.3 Å². The summed E-state index contributed by atoms with van der Waals surface area (Å²) in [6, 6.07) is 2.48. The Balaban J connectivity index is 2.25. The number of anilines is 1. The van der Waals surface area contributed by atoms with Crippen LogP contribution in [0.15, 0.2) is 18.2 Å². The van der Waals surface area contributed by atoms with E-state index in [1.54, 1.807) is 0 Å². The highest BCUT2D eigenvalue weighted by atomic mass is 19.4. The quantitative estimate of drug-likeness (QED) is 0.686. The smallest absolute Gasteiger partial charge is 0.381 e. The first-order valence-electron chi connectivity index (χ1n) is 6.08. The summed E-state index contributed by atoms with van der Waals surface area (Å²) in [5.41, 5.74) is -1.48. The molecule has 110 valence electrons. The number of nitro benzene ring substituents is 1. The van der Waals surface area contributed by atoms with Gasteiger partial charge in [0.25, 0.3) is 5.69 Å². The summed E-state index contributed by atoms with van der Waals surface area (Å²) in [6.07, 6.45) is -3.27. The fourth-order valence-electron chi connectivity index (χ4n) is 2.04. The molecule has 1 fully saturated rings. The van der Waals surface area contributed by atoms with E-state index in [0.29, 0.717) is 32.1 Å². The molecule has 1 aromatic carbocycles. The lowest BCUT2D eigenvalue weighted by Crippen LogP contribution is -2.28. The zero-order chi connectivity index (χ0) is 14.8. The Hall–Kier alpha value is -1.83. The highest BCUT2D eigenvalue weighted by Crippen LogP contribution is 2.35. The molecule has 0 bridgehead atoms. The van der Waals surface area contributed by atoms with Gasteiger partial charge in [0.2, 0.25) is 0 Å². The maximum Gasteiger partial charge on any atom is 0.416 e. The lowest BCUT2D eigenvalue weighted by atomic mass is 10.1. The van der Waals surface area contributed by atoms with E-state index < -0.39 is 22.4 Å². The lowest BCUT2D eigenvalue weighted by Gasteiger charge is -2.24. The minimum atomic E-state index is -4.60. The fourth-order valence-corrected chi connectivity index (χ4v) is 2.04. The van der Waals surface area contributed by atoms with E-state index in [1.165, 1.54) is 0 Å². The molecule has 0 saturated carbocycles. The Labute approximate surface area is 112 Å². The third-order valence-corrected chi connectivity index (χ3v) is 3.10. The Bertz CT molecular complexity index is 499. The third kappa shape index (κ3) is 3.38. The predicted molar refractivity (Wildman–Crippen MR) is 65.6 cm³/mol. The Kier molecular flexibility index (Phi) is 4.12. The summed E-state index contributed by atoms with van der Waals surface area (Å²) in [7, 11) is 0. The normalized spacial score (nSPS) is 16.9. The van der Waals surface area contributed by atoms with Crippen LogP contribution in [0.3, 0.4) is 0 Å². The average molecular weight is 290 g/mol. The Morgan fingerprint density at radius 3 is 2.50 bits per heavy atom. The summed E-state index contributed by atoms with van der Waals surface area (Å²) < 4.78 is 42.8. The van der Waals surface area contributed by atoms with Crippen molar-refractivity contribution in [3.63, 3.8) is 0 Å². The van der Waals surface area contributed by atoms with E-state index in [4.69, 9.17) is 4.74 Å². The number of alkyl halides is 3. The molecule has 1 N–H and O–H groups in total. The first-order valence-corrected chi connectivity index (χ1v) is 6.08. The number of rotatable bonds is 3. The van der Waals surface area contributed by atoms with Crippen LogP contribution in [-0.2, 0) is 10.9 Å². The largest absolute Gasteiger partial charge is 0.416 e. The molecule has 1 heterocycles. The van der Waals surface area contributed by atoms with Gasteiger partial charge in [-0.2, -0.15) is 13.2 Å². The molecule has 2 rings (SSSR count). The summed E-state index contributed by atoms with van der Waals surface area (Å²) in [5, 5.41) is 13.8. The molecular formula is C12H13F3N2O3. The van der Waals surface area contributed by atoms with E-state index >= 15 is 0 Å². The van der Waals surface area contributed by atoms with E-state index in [-0.39, 0.29) is 11.7 Å². The lowest BCUT2D eigenvalue weighted by molar-refractivity contribution is -0.384. The van der Waals surface area contributed by atoms with Crippen molar-refractivity contribution in [1.29, 1.82) is 0 Å². The van der Waals surface area contributed by atoms with Crippen molar-refractivity contribution in [2.45, 2.75) is 25.1 Å². The molecule has 1 aromatic rings. The van der Waals surface area contributed by atoms with Crippen molar-refractivity contribution < 1.29 is 22.8 Å². The molecular weight excluding hydrogens is 277 g/mol. The highest BCUT2D eigenvalue weighted by molar-refractivity contribution is 5.63. The molecule has 1 aliphatic heterocycles. The van der Waals surface area contributed by atoms with Crippen LogP contribution in [0.2, 0.25) is 0 Å². The van der Waals surface area contributed by atoms with Crippen LogP contribution in [0, 0.1) is 10.1 Å². The number of nitro groups is 1. The topological polar surface area (TPSA) is 64.4 Å². The summed E-state index contributed by atoms with van der Waals surface area (Å²) >= 11 is 0. The van der Waals surface area contributed by atoms with Gasteiger partial charge in [0.05, 0.1) is 10.5 Å². The van der Waals surface area contributed by atoms with Gasteiger partial charge in [0.1, 0.15) is 5.69 Å². The van der Waals surface area contributed by atoms with Crippen LogP contribution in [0.4, 0.5) is 24.5 Å². The van der Waals surface area contributed by atoms with Crippen LogP contribution >= 0.6 is 0 Å². The van der Waals surface area contributed by atoms with Gasteiger partial charge in [-0.3, -0.25) is 10.1 Å². The maximum absolute atomic E-state index is 12.6. The molecule has 0 spiro atoms. The summed E-state index contributed by atoms with van der Waals surface area (Å²) in [6.45, 7) is 1.07. The molecule has 0 radical (unpaired) electrons. The average Bonchev–Trinajstić information content (AvgIpc) is 2.38. The maximum atomic E-state index is 12.6. The van der Waals surface area contributed by atoms with Gasteiger partial charge in [-0.25, -0.2) is 0 Å². The number of halogens is 3. The summed E-state index contributed by atoms with van der Waals surface area (Å²) in [5.74, 6) is 0. The van der Waals surface area contributed by atoms with Gasteiger partial charge in [-0.1, -0.05) is 0 Å². The van der Waals surface area contributed by atoms with Gasteiger partial charge in [0.15, 0.2) is 0 Å². The molecule has 1 saturated heterocycles. The van der Waals surface area contributed by atoms with Crippen LogP contribution in [0.25, 0.3) is 0 Å². The number of hydrogen-bond acceptors (Lipinski definition) is 4. The SMILES string of the molecule is O=[N+]([O-])c1cc(C(F)(F)F)ccc1NC1CCOCC1. The van der Waals surface area contributed by atoms with E-state index in [2.05, 4.69) is 5.32 Å². The second-order valence-electron chi connectivity index (χ2n) is 4.52. The number of benzene rings is 1. The molecule has 1 aliphatic rings. The molecule has 20 heavy (non-hydrogen) atoms. The van der Waals surface area contributed by atoms with Gasteiger partial charge in [-0.15, -0.1) is 0 Å². The van der Waals surface area contributed by atoms with E-state index in [0.717, 1.165) is 12.1 Å². The van der Waals surface area contributed by atoms with Crippen molar-refractivity contribution in [3.8, 4) is 0 Å². The van der Waals surface area contributed by atoms with Crippen LogP contribution < -0.4 is 5.32 Å². The van der Waals surface area contributed by atoms with E-state index in [1.807, 2.05) is 0 Å². The molecule has 0 aliphatic carbocycles. The van der Waals surface area contributed by atoms with Crippen molar-refractivity contribution in [2.75, 3.05) is 18.5 Å². The van der Waals surface area contributed by atoms with Crippen LogP contribution in [0.1, 0.15) is 18.4 Å². The zero-order valence-corrected chi connectivity index (χ0v) is 10.4. The predicted octanol–water partition coefficient (Wildman–Crippen LogP) is 3.20. The molecule has 0 unspecified atom stereocenters. The first-order chi connectivity index (χ1) is 9.38. The minimum absolute atomic E-state index is 0.0285. The Morgan fingerprint density at radius 1 is 1.30 bits per heavy atom. The van der Waals surface area contributed by atoms with Crippen molar-refractivity contribution in [3.05, 3.63) is 33.9 Å². The van der Waals surface area contributed by atoms with Crippen molar-refractivity contribution in [2.24, 2.45) is 0 Å². The number of ether oxygens (including phenoxy) is 1. The van der Waals surface area contributed by atoms with Crippen molar-refractivity contribution in [1.82, 2.24) is 0 Å². The second kappa shape index (κ2) is 5.66. The number of hydrogen-bond donors (Lipinski definition) is 1. The first kappa shape index (κ1) is 14.6. The summed E-state index contributed by atoms with van der Waals surface area (Å²) in [4.78, 5) is 10.1. The molecule has 0 amide bonds. The minimum Gasteiger partial charge on any atom is -0.381 e. The van der Waals surface area contributed by atoms with Gasteiger partial charge < -0.3 is 10.1 Å². The van der Waals surface area contributed by atoms with Crippen molar-refractivity contribution >= 4 is 11.4 Å². The fraction of sp³-hybridized carbons (Fsp3) is 0.500. The zero-order valence-electron chi connectivity index (χ0n) is 10.4. The van der Waals surface area contributed by atoms with E-state index in [9.17, 15) is 23.3 Å². The standard InChI is InChI=1S/C12H13F3N2O3/c13-12(14,15)8-1-2-10(11(7-8)17(18)19)16-9-3-5-20-6-4-9/h1-2,7,9,16H,3-6H2. The molecule has 0 atom stereocenters. The van der Waals surface area contributed by atoms with Crippen LogP contribution in [-0.4, -0.2) is 24.2 Å². The molecule has 8 heteroatoms.